The SMILES string of the molecule is COc1ccc2c(cc(C(=O)O)n2Cc2ccccc2)c1OC. The lowest BCUT2D eigenvalue weighted by atomic mass is 10.2. The molecule has 3 rings (SSSR count). The fraction of sp³-hybridized carbons (Fsp3) is 0.167. The van der Waals surface area contributed by atoms with Gasteiger partial charge >= 0.3 is 5.97 Å². The molecular weight excluding hydrogens is 294 g/mol. The highest BCUT2D eigenvalue weighted by Crippen LogP contribution is 2.37. The van der Waals surface area contributed by atoms with Crippen LogP contribution in [0.15, 0.2) is 48.5 Å². The van der Waals surface area contributed by atoms with E-state index >= 15 is 0 Å². The molecule has 0 unspecified atom stereocenters. The molecule has 5 heteroatoms. The van der Waals surface area contributed by atoms with Crippen LogP contribution in [-0.4, -0.2) is 29.9 Å². The second-order valence-corrected chi connectivity index (χ2v) is 5.14. The predicted molar refractivity (Wildman–Crippen MR) is 87.5 cm³/mol. The molecule has 0 spiro atoms. The summed E-state index contributed by atoms with van der Waals surface area (Å²) < 4.78 is 12.5. The van der Waals surface area contributed by atoms with Crippen LogP contribution < -0.4 is 9.47 Å². The second-order valence-electron chi connectivity index (χ2n) is 5.14. The van der Waals surface area contributed by atoms with E-state index in [0.717, 1.165) is 16.5 Å². The molecule has 0 amide bonds. The summed E-state index contributed by atoms with van der Waals surface area (Å²) in [6.45, 7) is 0.474. The van der Waals surface area contributed by atoms with Crippen LogP contribution in [0.3, 0.4) is 0 Å². The Hall–Kier alpha value is -2.95. The lowest BCUT2D eigenvalue weighted by Crippen LogP contribution is -2.09. The van der Waals surface area contributed by atoms with Crippen molar-refractivity contribution in [1.82, 2.24) is 4.57 Å². The van der Waals surface area contributed by atoms with E-state index in [9.17, 15) is 9.90 Å². The maximum atomic E-state index is 11.6. The van der Waals surface area contributed by atoms with E-state index < -0.39 is 5.97 Å². The van der Waals surface area contributed by atoms with Crippen molar-refractivity contribution in [3.05, 3.63) is 59.8 Å². The number of fused-ring (bicyclic) bond motifs is 1. The van der Waals surface area contributed by atoms with Gasteiger partial charge < -0.3 is 19.1 Å². The molecule has 0 bridgehead atoms. The summed E-state index contributed by atoms with van der Waals surface area (Å²) in [7, 11) is 3.11. The van der Waals surface area contributed by atoms with Crippen LogP contribution in [-0.2, 0) is 6.54 Å². The van der Waals surface area contributed by atoms with Gasteiger partial charge in [-0.2, -0.15) is 0 Å². The molecule has 0 saturated heterocycles. The third kappa shape index (κ3) is 2.61. The molecule has 0 radical (unpaired) electrons. The quantitative estimate of drug-likeness (QED) is 0.784. The summed E-state index contributed by atoms with van der Waals surface area (Å²) in [6, 6.07) is 15.0. The van der Waals surface area contributed by atoms with Crippen molar-refractivity contribution >= 4 is 16.9 Å². The van der Waals surface area contributed by atoms with Crippen LogP contribution in [0.2, 0.25) is 0 Å². The highest BCUT2D eigenvalue weighted by atomic mass is 16.5. The molecule has 0 aliphatic heterocycles. The molecule has 0 saturated carbocycles. The van der Waals surface area contributed by atoms with Gasteiger partial charge in [0.05, 0.1) is 19.7 Å². The first-order chi connectivity index (χ1) is 11.2. The zero-order chi connectivity index (χ0) is 16.4. The lowest BCUT2D eigenvalue weighted by Gasteiger charge is -2.11. The molecule has 0 atom stereocenters. The summed E-state index contributed by atoms with van der Waals surface area (Å²) in [6.07, 6.45) is 0. The maximum Gasteiger partial charge on any atom is 0.352 e. The van der Waals surface area contributed by atoms with E-state index in [2.05, 4.69) is 0 Å². The fourth-order valence-electron chi connectivity index (χ4n) is 2.77. The van der Waals surface area contributed by atoms with Gasteiger partial charge in [-0.3, -0.25) is 0 Å². The van der Waals surface area contributed by atoms with E-state index in [1.54, 1.807) is 30.9 Å². The summed E-state index contributed by atoms with van der Waals surface area (Å²) >= 11 is 0. The Kier molecular flexibility index (Phi) is 3.93. The molecule has 0 aliphatic rings. The Morgan fingerprint density at radius 2 is 1.83 bits per heavy atom. The molecule has 1 aromatic heterocycles. The standard InChI is InChI=1S/C18H17NO4/c1-22-16-9-8-14-13(17(16)23-2)10-15(18(20)21)19(14)11-12-6-4-3-5-7-12/h3-10H,11H2,1-2H3,(H,20,21). The number of ether oxygens (including phenoxy) is 2. The largest absolute Gasteiger partial charge is 0.493 e. The number of hydrogen-bond acceptors (Lipinski definition) is 3. The highest BCUT2D eigenvalue weighted by molar-refractivity contribution is 5.98. The van der Waals surface area contributed by atoms with Gasteiger partial charge in [0.25, 0.3) is 0 Å². The lowest BCUT2D eigenvalue weighted by molar-refractivity contribution is 0.0686. The Morgan fingerprint density at radius 3 is 2.43 bits per heavy atom. The predicted octanol–water partition coefficient (Wildman–Crippen LogP) is 3.41. The smallest absolute Gasteiger partial charge is 0.352 e. The zero-order valence-corrected chi connectivity index (χ0v) is 12.9. The first kappa shape index (κ1) is 15.0. The molecule has 1 N–H and O–H groups in total. The Balaban J connectivity index is 2.22. The molecular formula is C18H17NO4. The van der Waals surface area contributed by atoms with Gasteiger partial charge in [-0.25, -0.2) is 4.79 Å². The minimum atomic E-state index is -0.974. The van der Waals surface area contributed by atoms with Crippen LogP contribution in [0.4, 0.5) is 0 Å². The maximum absolute atomic E-state index is 11.6. The zero-order valence-electron chi connectivity index (χ0n) is 12.9. The number of methoxy groups -OCH3 is 2. The molecule has 3 aromatic rings. The number of aromatic carboxylic acids is 1. The molecule has 1 heterocycles. The Bertz CT molecular complexity index is 852. The van der Waals surface area contributed by atoms with Crippen molar-refractivity contribution in [3.63, 3.8) is 0 Å². The van der Waals surface area contributed by atoms with Gasteiger partial charge in [0, 0.05) is 11.9 Å². The Morgan fingerprint density at radius 1 is 1.09 bits per heavy atom. The number of hydrogen-bond donors (Lipinski definition) is 1. The van der Waals surface area contributed by atoms with Crippen LogP contribution >= 0.6 is 0 Å². The van der Waals surface area contributed by atoms with Crippen molar-refractivity contribution in [3.8, 4) is 11.5 Å². The fourth-order valence-corrected chi connectivity index (χ4v) is 2.77. The van der Waals surface area contributed by atoms with E-state index in [-0.39, 0.29) is 5.69 Å². The van der Waals surface area contributed by atoms with Gasteiger partial charge in [-0.05, 0) is 23.8 Å². The van der Waals surface area contributed by atoms with Crippen molar-refractivity contribution < 1.29 is 19.4 Å². The number of carbonyl (C=O) groups is 1. The Labute approximate surface area is 133 Å². The topological polar surface area (TPSA) is 60.7 Å². The molecule has 118 valence electrons. The number of aromatic nitrogens is 1. The van der Waals surface area contributed by atoms with Crippen molar-refractivity contribution in [2.24, 2.45) is 0 Å². The third-order valence-electron chi connectivity index (χ3n) is 3.83. The summed E-state index contributed by atoms with van der Waals surface area (Å²) in [4.78, 5) is 11.6. The van der Waals surface area contributed by atoms with Gasteiger partial charge in [0.1, 0.15) is 5.69 Å². The minimum absolute atomic E-state index is 0.218. The first-order valence-electron chi connectivity index (χ1n) is 7.17. The molecule has 0 fully saturated rings. The van der Waals surface area contributed by atoms with Crippen molar-refractivity contribution in [1.29, 1.82) is 0 Å². The number of benzene rings is 2. The van der Waals surface area contributed by atoms with Gasteiger partial charge in [-0.15, -0.1) is 0 Å². The second kappa shape index (κ2) is 6.04. The van der Waals surface area contributed by atoms with E-state index in [1.165, 1.54) is 0 Å². The average molecular weight is 311 g/mol. The van der Waals surface area contributed by atoms with Gasteiger partial charge in [-0.1, -0.05) is 30.3 Å². The normalized spacial score (nSPS) is 10.7. The van der Waals surface area contributed by atoms with Crippen molar-refractivity contribution in [2.45, 2.75) is 6.54 Å². The minimum Gasteiger partial charge on any atom is -0.493 e. The summed E-state index contributed by atoms with van der Waals surface area (Å²) in [5, 5.41) is 10.3. The number of nitrogens with zero attached hydrogens (tertiary/aromatic N) is 1. The van der Waals surface area contributed by atoms with Crippen LogP contribution in [0.25, 0.3) is 10.9 Å². The van der Waals surface area contributed by atoms with Crippen LogP contribution in [0.5, 0.6) is 11.5 Å². The first-order valence-corrected chi connectivity index (χ1v) is 7.17. The molecule has 0 aliphatic carbocycles. The van der Waals surface area contributed by atoms with Crippen LogP contribution in [0.1, 0.15) is 16.1 Å². The molecule has 5 nitrogen and oxygen atoms in total. The van der Waals surface area contributed by atoms with Crippen molar-refractivity contribution in [2.75, 3.05) is 14.2 Å². The van der Waals surface area contributed by atoms with Crippen LogP contribution in [0, 0.1) is 0 Å². The molecule has 23 heavy (non-hydrogen) atoms. The third-order valence-corrected chi connectivity index (χ3v) is 3.83. The number of rotatable bonds is 5. The highest BCUT2D eigenvalue weighted by Gasteiger charge is 2.19. The summed E-state index contributed by atoms with van der Waals surface area (Å²) in [5.41, 5.74) is 2.04. The van der Waals surface area contributed by atoms with E-state index in [4.69, 9.17) is 9.47 Å². The van der Waals surface area contributed by atoms with Gasteiger partial charge in [0.15, 0.2) is 11.5 Å². The number of carboxylic acids is 1. The molecule has 2 aromatic carbocycles. The monoisotopic (exact) mass is 311 g/mol. The van der Waals surface area contributed by atoms with E-state index in [0.29, 0.717) is 18.0 Å². The van der Waals surface area contributed by atoms with E-state index in [1.807, 2.05) is 36.4 Å². The van der Waals surface area contributed by atoms with Gasteiger partial charge in [0.2, 0.25) is 0 Å². The summed E-state index contributed by atoms with van der Waals surface area (Å²) in [5.74, 6) is 0.145. The number of carboxylic acid groups (broad SMARTS) is 1. The average Bonchev–Trinajstić information content (AvgIpc) is 2.93.